The van der Waals surface area contributed by atoms with Crippen LogP contribution in [0.4, 0.5) is 17.6 Å². The van der Waals surface area contributed by atoms with Gasteiger partial charge in [0.05, 0.1) is 0 Å². The Morgan fingerprint density at radius 1 is 1.00 bits per heavy atom. The Hall–Kier alpha value is -1.08. The Kier molecular flexibility index (Phi) is 6.91. The van der Waals surface area contributed by atoms with Crippen LogP contribution in [0.15, 0.2) is 51.4 Å². The summed E-state index contributed by atoms with van der Waals surface area (Å²) in [6.45, 7) is 1.85. The van der Waals surface area contributed by atoms with Gasteiger partial charge in [0.25, 0.3) is 0 Å². The van der Waals surface area contributed by atoms with Crippen LogP contribution in [0, 0.1) is 0 Å². The molecule has 25 heavy (non-hydrogen) atoms. The summed E-state index contributed by atoms with van der Waals surface area (Å²) < 4.78 is 57.5. The van der Waals surface area contributed by atoms with E-state index in [0.29, 0.717) is 18.4 Å². The van der Waals surface area contributed by atoms with E-state index < -0.39 is 12.5 Å². The largest absolute Gasteiger partial charge is 0.461 e. The average molecular weight is 484 g/mol. The van der Waals surface area contributed by atoms with Gasteiger partial charge in [0.15, 0.2) is 0 Å². The van der Waals surface area contributed by atoms with Crippen molar-refractivity contribution in [2.75, 3.05) is 0 Å². The molecule has 0 amide bonds. The van der Waals surface area contributed by atoms with E-state index in [9.17, 15) is 17.6 Å². The summed E-state index contributed by atoms with van der Waals surface area (Å²) in [7, 11) is 0. The number of rotatable bonds is 7. The van der Waals surface area contributed by atoms with Gasteiger partial charge in [-0.3, -0.25) is 0 Å². The van der Waals surface area contributed by atoms with E-state index in [0.717, 1.165) is 14.5 Å². The van der Waals surface area contributed by atoms with Crippen molar-refractivity contribution in [1.82, 2.24) is 0 Å². The number of ether oxygens (including phenoxy) is 1. The molecule has 1 atom stereocenters. The third kappa shape index (κ3) is 5.20. The van der Waals surface area contributed by atoms with E-state index in [1.165, 1.54) is 12.1 Å². The molecule has 0 saturated heterocycles. The first kappa shape index (κ1) is 20.2. The highest BCUT2D eigenvalue weighted by atomic mass is 79.9. The second kappa shape index (κ2) is 8.54. The molecule has 136 valence electrons. The van der Waals surface area contributed by atoms with Gasteiger partial charge in [-0.1, -0.05) is 63.0 Å². The molecule has 0 aliphatic carbocycles. The van der Waals surface area contributed by atoms with Gasteiger partial charge >= 0.3 is 12.5 Å². The third-order valence-corrected chi connectivity index (χ3v) is 5.32. The predicted molar refractivity (Wildman–Crippen MR) is 96.6 cm³/mol. The van der Waals surface area contributed by atoms with Crippen LogP contribution in [0.2, 0.25) is 0 Å². The van der Waals surface area contributed by atoms with E-state index in [2.05, 4.69) is 36.6 Å². The van der Waals surface area contributed by atoms with Crippen LogP contribution < -0.4 is 4.74 Å². The Bertz CT molecular complexity index is 702. The molecule has 0 radical (unpaired) electrons. The summed E-state index contributed by atoms with van der Waals surface area (Å²) in [5.74, 6) is -0.366. The molecule has 0 aliphatic heterocycles. The minimum absolute atomic E-state index is 0.149. The molecule has 0 spiro atoms. The fourth-order valence-electron chi connectivity index (χ4n) is 2.46. The lowest BCUT2D eigenvalue weighted by Crippen LogP contribution is -2.33. The molecule has 0 aromatic heterocycles. The summed E-state index contributed by atoms with van der Waals surface area (Å²) in [4.78, 5) is 0. The standard InChI is InChI=1S/C18H16Br2F4O/c1-11(9-10-13-14(19)6-4-7-15(13)20)12-5-2-3-8-16(12)25-18(23,24)17(21)22/h2-8,11,17H,9-10H2,1H3. The van der Waals surface area contributed by atoms with E-state index >= 15 is 0 Å². The van der Waals surface area contributed by atoms with Crippen LogP contribution in [0.5, 0.6) is 5.75 Å². The Balaban J connectivity index is 2.16. The topological polar surface area (TPSA) is 9.23 Å². The van der Waals surface area contributed by atoms with Gasteiger partial charge in [-0.25, -0.2) is 0 Å². The molecule has 0 saturated carbocycles. The van der Waals surface area contributed by atoms with Crippen molar-refractivity contribution in [3.8, 4) is 5.75 Å². The number of para-hydroxylation sites is 1. The molecule has 0 bridgehead atoms. The van der Waals surface area contributed by atoms with Crippen molar-refractivity contribution in [3.63, 3.8) is 0 Å². The molecule has 0 heterocycles. The van der Waals surface area contributed by atoms with E-state index in [4.69, 9.17) is 0 Å². The summed E-state index contributed by atoms with van der Waals surface area (Å²) in [5.41, 5.74) is 1.54. The number of hydrogen-bond acceptors (Lipinski definition) is 1. The normalized spacial score (nSPS) is 13.1. The molecule has 7 heteroatoms. The first-order chi connectivity index (χ1) is 11.7. The summed E-state index contributed by atoms with van der Waals surface area (Å²) >= 11 is 6.97. The molecule has 0 N–H and O–H groups in total. The monoisotopic (exact) mass is 482 g/mol. The lowest BCUT2D eigenvalue weighted by molar-refractivity contribution is -0.253. The molecule has 1 nitrogen and oxygen atoms in total. The van der Waals surface area contributed by atoms with Gasteiger partial charge in [-0.05, 0) is 48.1 Å². The number of halogens is 6. The third-order valence-electron chi connectivity index (χ3n) is 3.84. The molecule has 2 rings (SSSR count). The van der Waals surface area contributed by atoms with Crippen molar-refractivity contribution in [1.29, 1.82) is 0 Å². The maximum Gasteiger partial charge on any atom is 0.461 e. The van der Waals surface area contributed by atoms with E-state index in [1.807, 2.05) is 25.1 Å². The van der Waals surface area contributed by atoms with Crippen LogP contribution in [0.25, 0.3) is 0 Å². The molecule has 0 fully saturated rings. The second-order valence-electron chi connectivity index (χ2n) is 5.64. The first-order valence-electron chi connectivity index (χ1n) is 7.59. The van der Waals surface area contributed by atoms with Crippen molar-refractivity contribution in [2.45, 2.75) is 38.2 Å². The second-order valence-corrected chi connectivity index (χ2v) is 7.35. The predicted octanol–water partition coefficient (Wildman–Crippen LogP) is 7.18. The molecular formula is C18H16Br2F4O. The van der Waals surface area contributed by atoms with Crippen molar-refractivity contribution in [2.24, 2.45) is 0 Å². The summed E-state index contributed by atoms with van der Waals surface area (Å²) in [6.07, 6.45) is -7.07. The van der Waals surface area contributed by atoms with Crippen LogP contribution in [0.1, 0.15) is 30.4 Å². The highest BCUT2D eigenvalue weighted by Crippen LogP contribution is 2.36. The number of hydrogen-bond donors (Lipinski definition) is 0. The lowest BCUT2D eigenvalue weighted by Gasteiger charge is -2.22. The Morgan fingerprint density at radius 2 is 1.60 bits per heavy atom. The van der Waals surface area contributed by atoms with Crippen LogP contribution in [0.3, 0.4) is 0 Å². The van der Waals surface area contributed by atoms with Gasteiger partial charge in [0.2, 0.25) is 0 Å². The number of benzene rings is 2. The molecule has 0 aliphatic rings. The zero-order valence-electron chi connectivity index (χ0n) is 13.3. The lowest BCUT2D eigenvalue weighted by atomic mass is 9.93. The van der Waals surface area contributed by atoms with Crippen LogP contribution >= 0.6 is 31.9 Å². The van der Waals surface area contributed by atoms with Gasteiger partial charge in [-0.15, -0.1) is 0 Å². The van der Waals surface area contributed by atoms with Crippen LogP contribution in [-0.2, 0) is 6.42 Å². The maximum atomic E-state index is 13.2. The summed E-state index contributed by atoms with van der Waals surface area (Å²) in [5, 5.41) is 0. The minimum Gasteiger partial charge on any atom is -0.428 e. The van der Waals surface area contributed by atoms with Crippen molar-refractivity contribution in [3.05, 3.63) is 62.5 Å². The van der Waals surface area contributed by atoms with Gasteiger partial charge < -0.3 is 4.74 Å². The van der Waals surface area contributed by atoms with Crippen molar-refractivity contribution >= 4 is 31.9 Å². The quantitative estimate of drug-likeness (QED) is 0.379. The first-order valence-corrected chi connectivity index (χ1v) is 9.17. The fourth-order valence-corrected chi connectivity index (χ4v) is 3.85. The SMILES string of the molecule is CC(CCc1c(Br)cccc1Br)c1ccccc1OC(F)(F)C(F)F. The van der Waals surface area contributed by atoms with Gasteiger partial charge in [0.1, 0.15) is 5.75 Å². The smallest absolute Gasteiger partial charge is 0.428 e. The van der Waals surface area contributed by atoms with Crippen LogP contribution in [-0.4, -0.2) is 12.5 Å². The highest BCUT2D eigenvalue weighted by molar-refractivity contribution is 9.11. The van der Waals surface area contributed by atoms with Gasteiger partial charge in [0, 0.05) is 8.95 Å². The van der Waals surface area contributed by atoms with E-state index in [1.54, 1.807) is 12.1 Å². The summed E-state index contributed by atoms with van der Waals surface area (Å²) in [6, 6.07) is 11.8. The minimum atomic E-state index is -4.51. The molecule has 2 aromatic rings. The Labute approximate surface area is 160 Å². The zero-order valence-corrected chi connectivity index (χ0v) is 16.5. The molecule has 2 aromatic carbocycles. The molecular weight excluding hydrogens is 468 g/mol. The maximum absolute atomic E-state index is 13.2. The fraction of sp³-hybridized carbons (Fsp3) is 0.333. The van der Waals surface area contributed by atoms with E-state index in [-0.39, 0.29) is 11.7 Å². The number of alkyl halides is 4. The average Bonchev–Trinajstić information content (AvgIpc) is 2.54. The molecule has 1 unspecified atom stereocenters. The van der Waals surface area contributed by atoms with Gasteiger partial charge in [-0.2, -0.15) is 17.6 Å². The Morgan fingerprint density at radius 3 is 2.20 bits per heavy atom. The zero-order chi connectivity index (χ0) is 18.6. The highest BCUT2D eigenvalue weighted by Gasteiger charge is 2.44. The van der Waals surface area contributed by atoms with Crippen molar-refractivity contribution < 1.29 is 22.3 Å².